The van der Waals surface area contributed by atoms with Gasteiger partial charge in [0.15, 0.2) is 0 Å². The van der Waals surface area contributed by atoms with Crippen molar-refractivity contribution in [3.8, 4) is 0 Å². The van der Waals surface area contributed by atoms with Gasteiger partial charge in [0.25, 0.3) is 0 Å². The summed E-state index contributed by atoms with van der Waals surface area (Å²) in [6.45, 7) is 49.7. The van der Waals surface area contributed by atoms with Gasteiger partial charge >= 0.3 is 0 Å². The quantitative estimate of drug-likeness (QED) is 0.238. The van der Waals surface area contributed by atoms with Gasteiger partial charge in [0.05, 0.1) is 0 Å². The van der Waals surface area contributed by atoms with E-state index in [4.69, 9.17) is 17.2 Å². The molecule has 0 radical (unpaired) electrons. The first-order valence-electron chi connectivity index (χ1n) is 45.6. The first-order chi connectivity index (χ1) is 46.3. The maximum atomic E-state index is 6.55. The van der Waals surface area contributed by atoms with E-state index in [0.717, 1.165) is 157 Å². The summed E-state index contributed by atoms with van der Waals surface area (Å²) in [6, 6.07) is 0. The Morgan fingerprint density at radius 3 is 0.610 bits per heavy atom. The minimum Gasteiger partial charge on any atom is -0.325 e. The Morgan fingerprint density at radius 1 is 0.170 bits per heavy atom. The van der Waals surface area contributed by atoms with Crippen LogP contribution in [0.3, 0.4) is 0 Å². The molecule has 28 bridgehead atoms. The smallest absolute Gasteiger partial charge is 0.0179 e. The van der Waals surface area contributed by atoms with E-state index in [1.54, 1.807) is 128 Å². The van der Waals surface area contributed by atoms with Gasteiger partial charge in [-0.25, -0.2) is 0 Å². The van der Waals surface area contributed by atoms with E-state index in [9.17, 15) is 0 Å². The zero-order valence-corrected chi connectivity index (χ0v) is 70.4. The highest BCUT2D eigenvalue weighted by Crippen LogP contribution is 2.75. The molecule has 28 aliphatic carbocycles. The lowest BCUT2D eigenvalue weighted by Crippen LogP contribution is -2.70. The van der Waals surface area contributed by atoms with Gasteiger partial charge in [0, 0.05) is 16.6 Å². The molecule has 3 nitrogen and oxygen atoms in total. The second-order valence-corrected chi connectivity index (χ2v) is 51.4. The second-order valence-electron chi connectivity index (χ2n) is 51.4. The lowest BCUT2D eigenvalue weighted by molar-refractivity contribution is -0.162. The van der Waals surface area contributed by atoms with Crippen LogP contribution in [-0.4, -0.2) is 16.6 Å². The molecule has 0 aromatic carbocycles. The topological polar surface area (TPSA) is 78.1 Å². The van der Waals surface area contributed by atoms with Crippen LogP contribution in [0.15, 0.2) is 0 Å². The molecule has 28 aliphatic rings. The number of hydrogen-bond donors (Lipinski definition) is 3. The lowest BCUT2D eigenvalue weighted by Gasteiger charge is -2.67. The SMILES string of the molecule is CC(C)C12CC3CC(C)(CC(C)(C3)C1)C2.CC(C)C12CC3CC(C)(CC(C)(C3)C1)C2.CC(C)C12CC3CC(CC(C)(C3)C1)C2.CC(C)C12CC3CC(CC(C)(C3)C1)C2.CC(C)C12CC3CC(CC(C3)C1)C2.CC(C)C12CC3CC(CC(N)(C3)C1)C2.CC(C)C12CC3CC(N)(CC(N)(C3)C1)C2. The van der Waals surface area contributed by atoms with Crippen LogP contribution in [0, 0.1) is 183 Å². The van der Waals surface area contributed by atoms with Gasteiger partial charge in [-0.3, -0.25) is 0 Å². The summed E-state index contributed by atoms with van der Waals surface area (Å²) in [5.74, 6) is 18.9. The highest BCUT2D eigenvalue weighted by molar-refractivity contribution is 5.20. The molecule has 28 saturated carbocycles. The van der Waals surface area contributed by atoms with Crippen molar-refractivity contribution in [3.63, 3.8) is 0 Å². The molecule has 0 spiro atoms. The second kappa shape index (κ2) is 24.9. The van der Waals surface area contributed by atoms with Crippen molar-refractivity contribution in [2.45, 2.75) is 425 Å². The first kappa shape index (κ1) is 75.3. The Hall–Kier alpha value is -0.120. The van der Waals surface area contributed by atoms with Gasteiger partial charge in [-0.2, -0.15) is 0 Å². The Labute approximate surface area is 621 Å². The molecule has 0 aromatic rings. The molecule has 12 unspecified atom stereocenters. The number of nitrogens with two attached hydrogens (primary N) is 3. The maximum absolute atomic E-state index is 6.55. The van der Waals surface area contributed by atoms with Crippen LogP contribution in [0.5, 0.6) is 0 Å². The molecule has 12 atom stereocenters. The Kier molecular flexibility index (Phi) is 18.8. The van der Waals surface area contributed by atoms with Crippen LogP contribution in [0.25, 0.3) is 0 Å². The average Bonchev–Trinajstić information content (AvgIpc) is 0.729. The van der Waals surface area contributed by atoms with Crippen LogP contribution in [0.1, 0.15) is 408 Å². The van der Waals surface area contributed by atoms with E-state index in [0.29, 0.717) is 32.5 Å². The summed E-state index contributed by atoms with van der Waals surface area (Å²) in [4.78, 5) is 0. The summed E-state index contributed by atoms with van der Waals surface area (Å²) in [5, 5.41) is 0. The van der Waals surface area contributed by atoms with Gasteiger partial charge in [0.2, 0.25) is 0 Å². The molecule has 0 saturated heterocycles. The van der Waals surface area contributed by atoms with Crippen LogP contribution in [-0.2, 0) is 0 Å². The van der Waals surface area contributed by atoms with Crippen LogP contribution in [0.2, 0.25) is 0 Å². The van der Waals surface area contributed by atoms with Crippen LogP contribution >= 0.6 is 0 Å². The molecular weight excluding hydrogens is 1210 g/mol. The van der Waals surface area contributed by atoms with E-state index in [-0.39, 0.29) is 16.6 Å². The predicted octanol–water partition coefficient (Wildman–Crippen LogP) is 26.6. The molecule has 28 fully saturated rings. The summed E-state index contributed by atoms with van der Waals surface area (Å²) in [5.41, 5.74) is 29.3. The summed E-state index contributed by atoms with van der Waals surface area (Å²) < 4.78 is 0. The largest absolute Gasteiger partial charge is 0.325 e. The maximum Gasteiger partial charge on any atom is 0.0179 e. The molecule has 572 valence electrons. The minimum absolute atomic E-state index is 0.0818. The number of hydrogen-bond acceptors (Lipinski definition) is 3. The van der Waals surface area contributed by atoms with Crippen molar-refractivity contribution in [2.75, 3.05) is 0 Å². The van der Waals surface area contributed by atoms with Crippen molar-refractivity contribution in [2.24, 2.45) is 200 Å². The van der Waals surface area contributed by atoms with Gasteiger partial charge in [-0.05, 0) is 453 Å². The summed E-state index contributed by atoms with van der Waals surface area (Å²) in [7, 11) is 0. The first-order valence-corrected chi connectivity index (χ1v) is 45.6. The standard InChI is InChI=1S/2C15H26.2C14H24.C13H24N2.C13H23N.C13H22/c2*1-11(2)15-7-12-5-13(3,9-15)8-14(4,6-12)10-15;2*1-10(2)14-7-11-4-12(8-14)6-13(3,5-11)9-14;1-9(2)11-3-10-4-12(14,6-11)8-13(15,5-10)7-11;1-9(2)12-4-10-3-11(5-12)7-13(14,6-10)8-12;1-9(2)13-6-10-3-11(7-13)5-12(4-10)8-13/h2*11-12H,5-10H2,1-4H3;2*10-12H,4-9H2,1-3H3;9-10H,3-8,14-15H2,1-2H3;9-11H,3-8,14H2,1-2H3;9-12H,3-8H2,1-2H3. The van der Waals surface area contributed by atoms with Gasteiger partial charge < -0.3 is 17.2 Å². The molecule has 0 heterocycles. The van der Waals surface area contributed by atoms with E-state index in [1.807, 2.05) is 0 Å². The fraction of sp³-hybridized carbons (Fsp3) is 1.00. The third kappa shape index (κ3) is 13.8. The monoisotopic (exact) mass is 1380 g/mol. The Bertz CT molecular complexity index is 2540. The molecule has 6 N–H and O–H groups in total. The lowest BCUT2D eigenvalue weighted by atomic mass is 9.38. The predicted molar refractivity (Wildman–Crippen MR) is 426 cm³/mol. The van der Waals surface area contributed by atoms with Crippen molar-refractivity contribution in [3.05, 3.63) is 0 Å². The normalized spacial score (nSPS) is 56.3. The number of rotatable bonds is 7. The van der Waals surface area contributed by atoms with Gasteiger partial charge in [0.1, 0.15) is 0 Å². The molecule has 28 rings (SSSR count). The van der Waals surface area contributed by atoms with Crippen molar-refractivity contribution in [1.82, 2.24) is 0 Å². The summed E-state index contributed by atoms with van der Waals surface area (Å²) in [6.07, 6.45) is 62.5. The molecule has 0 aliphatic heterocycles. The molecule has 100 heavy (non-hydrogen) atoms. The molecule has 0 aromatic heterocycles. The summed E-state index contributed by atoms with van der Waals surface area (Å²) >= 11 is 0. The van der Waals surface area contributed by atoms with Crippen LogP contribution in [0.4, 0.5) is 0 Å². The van der Waals surface area contributed by atoms with E-state index < -0.39 is 0 Å². The minimum atomic E-state index is 0.0818. The van der Waals surface area contributed by atoms with E-state index in [1.165, 1.54) is 135 Å². The zero-order chi connectivity index (χ0) is 71.7. The Balaban J connectivity index is 0.0000000948. The fourth-order valence-electron chi connectivity index (χ4n) is 38.6. The van der Waals surface area contributed by atoms with Gasteiger partial charge in [-0.15, -0.1) is 0 Å². The average molecular weight is 1380 g/mol. The van der Waals surface area contributed by atoms with Crippen LogP contribution < -0.4 is 17.2 Å². The van der Waals surface area contributed by atoms with Gasteiger partial charge in [-0.1, -0.05) is 138 Å². The molecule has 0 amide bonds. The van der Waals surface area contributed by atoms with E-state index >= 15 is 0 Å². The van der Waals surface area contributed by atoms with Crippen molar-refractivity contribution >= 4 is 0 Å². The third-order valence-corrected chi connectivity index (χ3v) is 39.1. The van der Waals surface area contributed by atoms with Crippen molar-refractivity contribution < 1.29 is 0 Å². The van der Waals surface area contributed by atoms with Crippen molar-refractivity contribution in [1.29, 1.82) is 0 Å². The highest BCUT2D eigenvalue weighted by Gasteiger charge is 2.66. The van der Waals surface area contributed by atoms with E-state index in [2.05, 4.69) is 138 Å². The molecule has 3 heteroatoms. The zero-order valence-electron chi connectivity index (χ0n) is 70.4. The Morgan fingerprint density at radius 2 is 0.360 bits per heavy atom. The molecular formula is C97H169N3. The highest BCUT2D eigenvalue weighted by atomic mass is 14.9. The third-order valence-electron chi connectivity index (χ3n) is 39.1. The fourth-order valence-corrected chi connectivity index (χ4v) is 38.6.